The number of nitrogens with one attached hydrogen (secondary N) is 1. The van der Waals surface area contributed by atoms with Gasteiger partial charge in [0.1, 0.15) is 0 Å². The summed E-state index contributed by atoms with van der Waals surface area (Å²) in [6, 6.07) is 4.41. The van der Waals surface area contributed by atoms with E-state index in [0.29, 0.717) is 0 Å². The molecule has 76 valence electrons. The lowest BCUT2D eigenvalue weighted by Crippen LogP contribution is -2.25. The monoisotopic (exact) mass is 208 g/mol. The van der Waals surface area contributed by atoms with Gasteiger partial charge < -0.3 is 0 Å². The van der Waals surface area contributed by atoms with Crippen LogP contribution in [0.3, 0.4) is 0 Å². The van der Waals surface area contributed by atoms with Crippen LogP contribution >= 0.6 is 11.3 Å². The Morgan fingerprint density at radius 2 is 2.29 bits per heavy atom. The van der Waals surface area contributed by atoms with Crippen molar-refractivity contribution in [2.24, 2.45) is 0 Å². The second-order valence-electron chi connectivity index (χ2n) is 3.42. The predicted octanol–water partition coefficient (Wildman–Crippen LogP) is 2.76. The van der Waals surface area contributed by atoms with Crippen molar-refractivity contribution in [2.75, 3.05) is 0 Å². The van der Waals surface area contributed by atoms with Gasteiger partial charge in [0, 0.05) is 16.3 Å². The van der Waals surface area contributed by atoms with Gasteiger partial charge in [-0.1, -0.05) is 6.92 Å². The molecular formula is C11H16N2S. The Balaban J connectivity index is 2.50. The smallest absolute Gasteiger partial charge is 0.0953 e. The van der Waals surface area contributed by atoms with Gasteiger partial charge in [-0.3, -0.25) is 5.32 Å². The molecular weight excluding hydrogens is 192 g/mol. The molecule has 1 heterocycles. The summed E-state index contributed by atoms with van der Waals surface area (Å²) in [5.74, 6) is 0. The van der Waals surface area contributed by atoms with Crippen molar-refractivity contribution >= 4 is 11.3 Å². The second kappa shape index (κ2) is 5.14. The number of hydrogen-bond donors (Lipinski definition) is 1. The van der Waals surface area contributed by atoms with Crippen molar-refractivity contribution in [3.63, 3.8) is 0 Å². The van der Waals surface area contributed by atoms with Gasteiger partial charge in [-0.05, 0) is 31.9 Å². The van der Waals surface area contributed by atoms with Gasteiger partial charge in [-0.25, -0.2) is 0 Å². The number of nitrogens with zero attached hydrogens (tertiary/aromatic N) is 1. The van der Waals surface area contributed by atoms with Crippen LogP contribution in [-0.4, -0.2) is 6.04 Å². The van der Waals surface area contributed by atoms with Crippen molar-refractivity contribution in [1.82, 2.24) is 5.32 Å². The minimum absolute atomic E-state index is 0.0160. The third-order valence-corrected chi connectivity index (χ3v) is 3.46. The average molecular weight is 208 g/mol. The van der Waals surface area contributed by atoms with E-state index in [2.05, 4.69) is 31.3 Å². The van der Waals surface area contributed by atoms with Gasteiger partial charge in [0.25, 0.3) is 0 Å². The maximum absolute atomic E-state index is 8.75. The standard InChI is InChI=1S/C11H16N2S/c1-4-10(6-12)13-7-11-5-8(2)9(3)14-11/h5,10,13H,4,7H2,1-3H3. The molecule has 0 aliphatic rings. The quantitative estimate of drug-likeness (QED) is 0.826. The summed E-state index contributed by atoms with van der Waals surface area (Å²) < 4.78 is 0. The predicted molar refractivity (Wildman–Crippen MR) is 60.3 cm³/mol. The molecule has 1 atom stereocenters. The Bertz CT molecular complexity index is 316. The Kier molecular flexibility index (Phi) is 4.12. The molecule has 3 heteroatoms. The maximum atomic E-state index is 8.75. The van der Waals surface area contributed by atoms with Gasteiger partial charge >= 0.3 is 0 Å². The number of rotatable bonds is 4. The van der Waals surface area contributed by atoms with E-state index in [-0.39, 0.29) is 6.04 Å². The molecule has 0 amide bonds. The van der Waals surface area contributed by atoms with Gasteiger partial charge in [0.2, 0.25) is 0 Å². The van der Waals surface area contributed by atoms with Crippen molar-refractivity contribution in [3.8, 4) is 6.07 Å². The molecule has 1 unspecified atom stereocenters. The van der Waals surface area contributed by atoms with E-state index in [9.17, 15) is 0 Å². The first-order valence-electron chi connectivity index (χ1n) is 4.86. The van der Waals surface area contributed by atoms with E-state index < -0.39 is 0 Å². The van der Waals surface area contributed by atoms with E-state index in [0.717, 1.165) is 13.0 Å². The van der Waals surface area contributed by atoms with E-state index in [1.165, 1.54) is 15.3 Å². The van der Waals surface area contributed by atoms with Crippen molar-refractivity contribution in [1.29, 1.82) is 5.26 Å². The van der Waals surface area contributed by atoms with E-state index in [4.69, 9.17) is 5.26 Å². The molecule has 0 saturated heterocycles. The Morgan fingerprint density at radius 3 is 2.71 bits per heavy atom. The zero-order chi connectivity index (χ0) is 10.6. The fourth-order valence-corrected chi connectivity index (χ4v) is 2.25. The second-order valence-corrected chi connectivity index (χ2v) is 4.76. The molecule has 1 rings (SSSR count). The molecule has 0 saturated carbocycles. The summed E-state index contributed by atoms with van der Waals surface area (Å²) in [6.45, 7) is 7.08. The van der Waals surface area contributed by atoms with Crippen LogP contribution in [0.15, 0.2) is 6.07 Å². The highest BCUT2D eigenvalue weighted by Crippen LogP contribution is 2.20. The Hall–Kier alpha value is -0.850. The third-order valence-electron chi connectivity index (χ3n) is 2.30. The summed E-state index contributed by atoms with van der Waals surface area (Å²) in [7, 11) is 0. The summed E-state index contributed by atoms with van der Waals surface area (Å²) >= 11 is 1.81. The molecule has 0 aromatic carbocycles. The first kappa shape index (κ1) is 11.2. The molecule has 14 heavy (non-hydrogen) atoms. The van der Waals surface area contributed by atoms with Gasteiger partial charge in [0.05, 0.1) is 12.1 Å². The third kappa shape index (κ3) is 2.83. The summed E-state index contributed by atoms with van der Waals surface area (Å²) in [5.41, 5.74) is 1.34. The molecule has 1 N–H and O–H groups in total. The van der Waals surface area contributed by atoms with Crippen LogP contribution in [0, 0.1) is 25.2 Å². The lowest BCUT2D eigenvalue weighted by atomic mass is 10.2. The van der Waals surface area contributed by atoms with Crippen LogP contribution < -0.4 is 5.32 Å². The zero-order valence-electron chi connectivity index (χ0n) is 8.92. The Morgan fingerprint density at radius 1 is 1.57 bits per heavy atom. The molecule has 0 aliphatic carbocycles. The lowest BCUT2D eigenvalue weighted by Gasteiger charge is -2.06. The van der Waals surface area contributed by atoms with Crippen LogP contribution in [-0.2, 0) is 6.54 Å². The van der Waals surface area contributed by atoms with Crippen LogP contribution in [0.5, 0.6) is 0 Å². The SMILES string of the molecule is CCC(C#N)NCc1cc(C)c(C)s1. The Labute approximate surface area is 89.6 Å². The van der Waals surface area contributed by atoms with Crippen molar-refractivity contribution in [2.45, 2.75) is 39.8 Å². The number of nitriles is 1. The molecule has 1 aromatic rings. The average Bonchev–Trinajstić information content (AvgIpc) is 2.48. The van der Waals surface area contributed by atoms with Crippen LogP contribution in [0.4, 0.5) is 0 Å². The van der Waals surface area contributed by atoms with Gasteiger partial charge in [0.15, 0.2) is 0 Å². The molecule has 0 aliphatic heterocycles. The topological polar surface area (TPSA) is 35.8 Å². The fraction of sp³-hybridized carbons (Fsp3) is 0.545. The van der Waals surface area contributed by atoms with Crippen molar-refractivity contribution < 1.29 is 0 Å². The summed E-state index contributed by atoms with van der Waals surface area (Å²) in [5, 5.41) is 12.0. The maximum Gasteiger partial charge on any atom is 0.0953 e. The summed E-state index contributed by atoms with van der Waals surface area (Å²) in [6.07, 6.45) is 0.861. The highest BCUT2D eigenvalue weighted by molar-refractivity contribution is 7.12. The minimum atomic E-state index is -0.0160. The first-order chi connectivity index (χ1) is 6.67. The summed E-state index contributed by atoms with van der Waals surface area (Å²) in [4.78, 5) is 2.68. The number of hydrogen-bond acceptors (Lipinski definition) is 3. The molecule has 0 spiro atoms. The molecule has 1 aromatic heterocycles. The minimum Gasteiger partial charge on any atom is -0.297 e. The molecule has 0 radical (unpaired) electrons. The number of aryl methyl sites for hydroxylation is 2. The largest absolute Gasteiger partial charge is 0.297 e. The lowest BCUT2D eigenvalue weighted by molar-refractivity contribution is 0.591. The highest BCUT2D eigenvalue weighted by Gasteiger charge is 2.05. The highest BCUT2D eigenvalue weighted by atomic mass is 32.1. The molecule has 0 bridgehead atoms. The molecule has 0 fully saturated rings. The van der Waals surface area contributed by atoms with E-state index in [1.54, 1.807) is 11.3 Å². The van der Waals surface area contributed by atoms with Crippen molar-refractivity contribution in [3.05, 3.63) is 21.4 Å². The first-order valence-corrected chi connectivity index (χ1v) is 5.68. The van der Waals surface area contributed by atoms with E-state index >= 15 is 0 Å². The molecule has 2 nitrogen and oxygen atoms in total. The normalized spacial score (nSPS) is 12.4. The van der Waals surface area contributed by atoms with Crippen LogP contribution in [0.2, 0.25) is 0 Å². The van der Waals surface area contributed by atoms with E-state index in [1.807, 2.05) is 6.92 Å². The fourth-order valence-electron chi connectivity index (χ4n) is 1.24. The van der Waals surface area contributed by atoms with Gasteiger partial charge in [-0.15, -0.1) is 11.3 Å². The van der Waals surface area contributed by atoms with Gasteiger partial charge in [-0.2, -0.15) is 5.26 Å². The zero-order valence-corrected chi connectivity index (χ0v) is 9.74. The van der Waals surface area contributed by atoms with Crippen LogP contribution in [0.25, 0.3) is 0 Å². The van der Waals surface area contributed by atoms with Crippen LogP contribution in [0.1, 0.15) is 28.7 Å². The number of thiophene rings is 1.